The van der Waals surface area contributed by atoms with E-state index < -0.39 is 0 Å². The fourth-order valence-corrected chi connectivity index (χ4v) is 2.50. The second-order valence-electron chi connectivity index (χ2n) is 5.45. The molecule has 1 saturated heterocycles. The van der Waals surface area contributed by atoms with Crippen LogP contribution in [0.1, 0.15) is 30.8 Å². The van der Waals surface area contributed by atoms with Crippen LogP contribution in [0.2, 0.25) is 0 Å². The van der Waals surface area contributed by atoms with E-state index in [0.717, 1.165) is 37.6 Å². The minimum atomic E-state index is 0.110. The standard InChI is InChI=1S/C15H25N3O/c1-5-6-18-7-8-19-15(11-18)14-10-13(17(3)4)9-12(2)16-14/h9-10,15H,5-8,11H2,1-4H3/t15-/m1/s1. The zero-order valence-electron chi connectivity index (χ0n) is 12.5. The van der Waals surface area contributed by atoms with Crippen molar-refractivity contribution in [3.8, 4) is 0 Å². The Morgan fingerprint density at radius 1 is 1.42 bits per heavy atom. The van der Waals surface area contributed by atoms with Crippen molar-refractivity contribution in [3.63, 3.8) is 0 Å². The number of morpholine rings is 1. The largest absolute Gasteiger partial charge is 0.378 e. The van der Waals surface area contributed by atoms with Gasteiger partial charge >= 0.3 is 0 Å². The summed E-state index contributed by atoms with van der Waals surface area (Å²) in [5.74, 6) is 0. The Labute approximate surface area is 116 Å². The lowest BCUT2D eigenvalue weighted by atomic mass is 10.1. The summed E-state index contributed by atoms with van der Waals surface area (Å²) in [6.45, 7) is 8.21. The molecule has 4 nitrogen and oxygen atoms in total. The molecule has 106 valence electrons. The van der Waals surface area contributed by atoms with Crippen LogP contribution in [0.3, 0.4) is 0 Å². The normalized spacial score (nSPS) is 20.5. The van der Waals surface area contributed by atoms with Crippen LogP contribution >= 0.6 is 0 Å². The Kier molecular flexibility index (Phi) is 4.77. The van der Waals surface area contributed by atoms with E-state index in [1.807, 2.05) is 6.92 Å². The SMILES string of the molecule is CCCN1CCO[C@@H](c2cc(N(C)C)cc(C)n2)C1. The number of pyridine rings is 1. The summed E-state index contributed by atoms with van der Waals surface area (Å²) in [7, 11) is 4.12. The summed E-state index contributed by atoms with van der Waals surface area (Å²) in [5, 5.41) is 0. The molecule has 0 saturated carbocycles. The molecule has 1 atom stereocenters. The molecular weight excluding hydrogens is 238 g/mol. The average molecular weight is 263 g/mol. The van der Waals surface area contributed by atoms with Crippen molar-refractivity contribution in [2.24, 2.45) is 0 Å². The van der Waals surface area contributed by atoms with Gasteiger partial charge in [0, 0.05) is 38.6 Å². The minimum absolute atomic E-state index is 0.110. The third-order valence-corrected chi connectivity index (χ3v) is 3.49. The van der Waals surface area contributed by atoms with Gasteiger partial charge in [0.25, 0.3) is 0 Å². The number of nitrogens with zero attached hydrogens (tertiary/aromatic N) is 3. The molecule has 0 aromatic carbocycles. The number of hydrogen-bond acceptors (Lipinski definition) is 4. The summed E-state index contributed by atoms with van der Waals surface area (Å²) in [5.41, 5.74) is 3.31. The number of aryl methyl sites for hydroxylation is 1. The number of ether oxygens (including phenoxy) is 1. The summed E-state index contributed by atoms with van der Waals surface area (Å²) in [6, 6.07) is 4.25. The van der Waals surface area contributed by atoms with Crippen LogP contribution in [0.15, 0.2) is 12.1 Å². The van der Waals surface area contributed by atoms with Crippen LogP contribution in [0, 0.1) is 6.92 Å². The molecule has 0 N–H and O–H groups in total. The van der Waals surface area contributed by atoms with Crippen molar-refractivity contribution in [2.45, 2.75) is 26.4 Å². The third kappa shape index (κ3) is 3.67. The maximum absolute atomic E-state index is 5.91. The van der Waals surface area contributed by atoms with E-state index in [1.54, 1.807) is 0 Å². The van der Waals surface area contributed by atoms with Gasteiger partial charge in [-0.1, -0.05) is 6.92 Å². The van der Waals surface area contributed by atoms with Crippen molar-refractivity contribution in [1.82, 2.24) is 9.88 Å². The fraction of sp³-hybridized carbons (Fsp3) is 0.667. The summed E-state index contributed by atoms with van der Waals surface area (Å²) in [6.07, 6.45) is 1.30. The third-order valence-electron chi connectivity index (χ3n) is 3.49. The smallest absolute Gasteiger partial charge is 0.112 e. The van der Waals surface area contributed by atoms with Crippen LogP contribution in [-0.2, 0) is 4.74 Å². The van der Waals surface area contributed by atoms with Gasteiger partial charge in [-0.3, -0.25) is 9.88 Å². The lowest BCUT2D eigenvalue weighted by Gasteiger charge is -2.32. The first-order valence-corrected chi connectivity index (χ1v) is 7.10. The van der Waals surface area contributed by atoms with Crippen molar-refractivity contribution in [3.05, 3.63) is 23.5 Å². The Morgan fingerprint density at radius 3 is 2.89 bits per heavy atom. The number of hydrogen-bond donors (Lipinski definition) is 0. The zero-order chi connectivity index (χ0) is 13.8. The lowest BCUT2D eigenvalue weighted by molar-refractivity contribution is -0.0319. The van der Waals surface area contributed by atoms with Gasteiger partial charge in [-0.25, -0.2) is 0 Å². The van der Waals surface area contributed by atoms with Gasteiger partial charge in [0.1, 0.15) is 6.10 Å². The molecule has 0 radical (unpaired) electrons. The highest BCUT2D eigenvalue weighted by Crippen LogP contribution is 2.24. The fourth-order valence-electron chi connectivity index (χ4n) is 2.50. The van der Waals surface area contributed by atoms with E-state index in [4.69, 9.17) is 4.74 Å². The van der Waals surface area contributed by atoms with Gasteiger partial charge < -0.3 is 9.64 Å². The predicted octanol–water partition coefficient (Wildman–Crippen LogP) is 2.24. The average Bonchev–Trinajstić information content (AvgIpc) is 2.38. The zero-order valence-corrected chi connectivity index (χ0v) is 12.5. The molecule has 2 heterocycles. The molecule has 1 aliphatic rings. The van der Waals surface area contributed by atoms with E-state index in [-0.39, 0.29) is 6.10 Å². The Bertz CT molecular complexity index is 418. The van der Waals surface area contributed by atoms with Gasteiger partial charge in [0.05, 0.1) is 12.3 Å². The van der Waals surface area contributed by atoms with Crippen LogP contribution in [0.4, 0.5) is 5.69 Å². The maximum atomic E-state index is 5.91. The van der Waals surface area contributed by atoms with Crippen molar-refractivity contribution < 1.29 is 4.74 Å². The first-order chi connectivity index (χ1) is 9.10. The second kappa shape index (κ2) is 6.35. The van der Waals surface area contributed by atoms with Crippen molar-refractivity contribution in [2.75, 3.05) is 45.2 Å². The molecular formula is C15H25N3O. The van der Waals surface area contributed by atoms with Gasteiger partial charge in [-0.2, -0.15) is 0 Å². The molecule has 1 fully saturated rings. The summed E-state index contributed by atoms with van der Waals surface area (Å²) >= 11 is 0. The molecule has 0 unspecified atom stereocenters. The van der Waals surface area contributed by atoms with E-state index in [1.165, 1.54) is 12.1 Å². The van der Waals surface area contributed by atoms with Crippen molar-refractivity contribution in [1.29, 1.82) is 0 Å². The topological polar surface area (TPSA) is 28.6 Å². The van der Waals surface area contributed by atoms with Crippen molar-refractivity contribution >= 4 is 5.69 Å². The van der Waals surface area contributed by atoms with E-state index in [0.29, 0.717) is 0 Å². The first-order valence-electron chi connectivity index (χ1n) is 7.10. The lowest BCUT2D eigenvalue weighted by Crippen LogP contribution is -2.39. The molecule has 1 aliphatic heterocycles. The molecule has 19 heavy (non-hydrogen) atoms. The predicted molar refractivity (Wildman–Crippen MR) is 78.7 cm³/mol. The molecule has 0 spiro atoms. The van der Waals surface area contributed by atoms with E-state index in [2.05, 4.69) is 47.9 Å². The van der Waals surface area contributed by atoms with E-state index in [9.17, 15) is 0 Å². The van der Waals surface area contributed by atoms with Crippen LogP contribution < -0.4 is 4.90 Å². The van der Waals surface area contributed by atoms with Gasteiger partial charge in [-0.05, 0) is 32.0 Å². The minimum Gasteiger partial charge on any atom is -0.378 e. The quantitative estimate of drug-likeness (QED) is 0.833. The van der Waals surface area contributed by atoms with Gasteiger partial charge in [-0.15, -0.1) is 0 Å². The number of aromatic nitrogens is 1. The highest BCUT2D eigenvalue weighted by molar-refractivity contribution is 5.47. The molecule has 2 rings (SSSR count). The van der Waals surface area contributed by atoms with E-state index >= 15 is 0 Å². The molecule has 0 amide bonds. The van der Waals surface area contributed by atoms with Crippen LogP contribution in [0.5, 0.6) is 0 Å². The van der Waals surface area contributed by atoms with Gasteiger partial charge in [0.15, 0.2) is 0 Å². The monoisotopic (exact) mass is 263 g/mol. The Morgan fingerprint density at radius 2 is 2.21 bits per heavy atom. The molecule has 0 aliphatic carbocycles. The van der Waals surface area contributed by atoms with Gasteiger partial charge in [0.2, 0.25) is 0 Å². The molecule has 0 bridgehead atoms. The first kappa shape index (κ1) is 14.3. The molecule has 4 heteroatoms. The highest BCUT2D eigenvalue weighted by atomic mass is 16.5. The Balaban J connectivity index is 2.16. The summed E-state index contributed by atoms with van der Waals surface area (Å²) in [4.78, 5) is 9.24. The Hall–Kier alpha value is -1.13. The molecule has 1 aromatic heterocycles. The second-order valence-corrected chi connectivity index (χ2v) is 5.45. The highest BCUT2D eigenvalue weighted by Gasteiger charge is 2.23. The maximum Gasteiger partial charge on any atom is 0.112 e. The summed E-state index contributed by atoms with van der Waals surface area (Å²) < 4.78 is 5.91. The number of rotatable bonds is 4. The number of anilines is 1. The van der Waals surface area contributed by atoms with Crippen LogP contribution in [0.25, 0.3) is 0 Å². The molecule has 1 aromatic rings. The van der Waals surface area contributed by atoms with Crippen LogP contribution in [-0.4, -0.2) is 50.2 Å².